The number of para-hydroxylation sites is 1. The number of hydrogen-bond donors (Lipinski definition) is 2. The highest BCUT2D eigenvalue weighted by Gasteiger charge is 2.39. The Bertz CT molecular complexity index is 1470. The number of amides is 2. The first-order valence-electron chi connectivity index (χ1n) is 12.6. The standard InChI is InChI=1S/C30H29FN4O3/c1-20(36)26-18-34(27-13-12-24(15-25(26)27)33-23-10-6-3-7-11-23)19-29(37)35-17-22(31)14-28(35)30(38)32-16-21-8-4-2-5-9-21/h2-13,15,18,22,28,33H,14,16-17,19H2,1H3,(H,32,38)/t22-,28+/m1/s1. The molecule has 1 aromatic heterocycles. The second-order valence-corrected chi connectivity index (χ2v) is 9.55. The first kappa shape index (κ1) is 25.2. The van der Waals surface area contributed by atoms with Crippen LogP contribution in [0.2, 0.25) is 0 Å². The van der Waals surface area contributed by atoms with Crippen LogP contribution in [0.25, 0.3) is 10.9 Å². The fourth-order valence-electron chi connectivity index (χ4n) is 4.92. The molecule has 3 aromatic carbocycles. The summed E-state index contributed by atoms with van der Waals surface area (Å²) in [4.78, 5) is 40.0. The van der Waals surface area contributed by atoms with E-state index in [0.717, 1.165) is 16.9 Å². The van der Waals surface area contributed by atoms with Gasteiger partial charge in [-0.05, 0) is 42.8 Å². The number of halogens is 1. The van der Waals surface area contributed by atoms with Crippen LogP contribution in [0.3, 0.4) is 0 Å². The highest BCUT2D eigenvalue weighted by atomic mass is 19.1. The fourth-order valence-corrected chi connectivity index (χ4v) is 4.92. The highest BCUT2D eigenvalue weighted by molar-refractivity contribution is 6.08. The summed E-state index contributed by atoms with van der Waals surface area (Å²) < 4.78 is 16.1. The molecular formula is C30H29FN4O3. The second kappa shape index (κ2) is 10.9. The number of aromatic nitrogens is 1. The largest absolute Gasteiger partial charge is 0.356 e. The molecule has 2 atom stereocenters. The van der Waals surface area contributed by atoms with Gasteiger partial charge in [0.2, 0.25) is 11.8 Å². The molecule has 38 heavy (non-hydrogen) atoms. The minimum absolute atomic E-state index is 0.0357. The molecule has 8 heteroatoms. The Morgan fingerprint density at radius 3 is 2.37 bits per heavy atom. The molecule has 1 fully saturated rings. The van der Waals surface area contributed by atoms with E-state index in [1.807, 2.05) is 78.9 Å². The van der Waals surface area contributed by atoms with Gasteiger partial charge in [-0.25, -0.2) is 4.39 Å². The Balaban J connectivity index is 1.34. The van der Waals surface area contributed by atoms with Crippen molar-refractivity contribution in [2.75, 3.05) is 11.9 Å². The lowest BCUT2D eigenvalue weighted by molar-refractivity contribution is -0.139. The first-order valence-corrected chi connectivity index (χ1v) is 12.6. The van der Waals surface area contributed by atoms with Crippen LogP contribution in [0.1, 0.15) is 29.3 Å². The highest BCUT2D eigenvalue weighted by Crippen LogP contribution is 2.28. The molecule has 7 nitrogen and oxygen atoms in total. The van der Waals surface area contributed by atoms with Gasteiger partial charge in [0.05, 0.1) is 6.54 Å². The van der Waals surface area contributed by atoms with Crippen LogP contribution >= 0.6 is 0 Å². The lowest BCUT2D eigenvalue weighted by atomic mass is 10.1. The van der Waals surface area contributed by atoms with Gasteiger partial charge in [-0.1, -0.05) is 48.5 Å². The van der Waals surface area contributed by atoms with Gasteiger partial charge in [0, 0.05) is 47.0 Å². The number of Topliss-reactive ketones (excluding diaryl/α,β-unsaturated/α-hetero) is 1. The summed E-state index contributed by atoms with van der Waals surface area (Å²) in [5, 5.41) is 6.86. The van der Waals surface area contributed by atoms with Crippen molar-refractivity contribution in [1.29, 1.82) is 0 Å². The van der Waals surface area contributed by atoms with Crippen LogP contribution in [-0.2, 0) is 22.7 Å². The summed E-state index contributed by atoms with van der Waals surface area (Å²) in [5.41, 5.74) is 3.85. The predicted molar refractivity (Wildman–Crippen MR) is 145 cm³/mol. The number of ketones is 1. The smallest absolute Gasteiger partial charge is 0.243 e. The zero-order valence-electron chi connectivity index (χ0n) is 21.1. The molecule has 0 saturated carbocycles. The van der Waals surface area contributed by atoms with Crippen molar-refractivity contribution >= 4 is 39.9 Å². The van der Waals surface area contributed by atoms with Crippen LogP contribution < -0.4 is 10.6 Å². The molecule has 194 valence electrons. The minimum atomic E-state index is -1.27. The van der Waals surface area contributed by atoms with E-state index in [0.29, 0.717) is 23.0 Å². The molecule has 2 amide bonds. The monoisotopic (exact) mass is 512 g/mol. The number of nitrogens with zero attached hydrogens (tertiary/aromatic N) is 2. The van der Waals surface area contributed by atoms with Crippen molar-refractivity contribution in [3.63, 3.8) is 0 Å². The van der Waals surface area contributed by atoms with Gasteiger partial charge in [-0.2, -0.15) is 0 Å². The number of carbonyl (C=O) groups is 3. The average Bonchev–Trinajstić information content (AvgIpc) is 3.49. The number of carbonyl (C=O) groups excluding carboxylic acids is 3. The predicted octanol–water partition coefficient (Wildman–Crippen LogP) is 4.84. The zero-order chi connectivity index (χ0) is 26.6. The van der Waals surface area contributed by atoms with E-state index in [1.54, 1.807) is 10.8 Å². The molecule has 1 aliphatic rings. The molecule has 0 bridgehead atoms. The molecule has 2 heterocycles. The normalized spacial score (nSPS) is 16.9. The van der Waals surface area contributed by atoms with Crippen LogP contribution in [0.15, 0.2) is 85.1 Å². The van der Waals surface area contributed by atoms with E-state index in [1.165, 1.54) is 11.8 Å². The van der Waals surface area contributed by atoms with E-state index in [4.69, 9.17) is 0 Å². The van der Waals surface area contributed by atoms with E-state index in [9.17, 15) is 18.8 Å². The Morgan fingerprint density at radius 1 is 0.947 bits per heavy atom. The van der Waals surface area contributed by atoms with Crippen molar-refractivity contribution < 1.29 is 18.8 Å². The summed E-state index contributed by atoms with van der Waals surface area (Å²) in [6, 6.07) is 23.8. The molecule has 5 rings (SSSR count). The van der Waals surface area contributed by atoms with Crippen molar-refractivity contribution in [2.24, 2.45) is 0 Å². The van der Waals surface area contributed by atoms with E-state index in [2.05, 4.69) is 10.6 Å². The zero-order valence-corrected chi connectivity index (χ0v) is 21.1. The van der Waals surface area contributed by atoms with Crippen LogP contribution in [0.4, 0.5) is 15.8 Å². The lowest BCUT2D eigenvalue weighted by Crippen LogP contribution is -2.46. The summed E-state index contributed by atoms with van der Waals surface area (Å²) in [7, 11) is 0. The van der Waals surface area contributed by atoms with Gasteiger partial charge in [-0.15, -0.1) is 0 Å². The number of likely N-dealkylation sites (tertiary alicyclic amines) is 1. The van der Waals surface area contributed by atoms with E-state index < -0.39 is 12.2 Å². The van der Waals surface area contributed by atoms with E-state index >= 15 is 0 Å². The molecular weight excluding hydrogens is 483 g/mol. The van der Waals surface area contributed by atoms with Gasteiger partial charge in [0.15, 0.2) is 5.78 Å². The van der Waals surface area contributed by atoms with Gasteiger partial charge in [0.25, 0.3) is 0 Å². The maximum Gasteiger partial charge on any atom is 0.243 e. The minimum Gasteiger partial charge on any atom is -0.356 e. The van der Waals surface area contributed by atoms with Gasteiger partial charge in [0.1, 0.15) is 18.8 Å². The maximum atomic E-state index is 14.4. The average molecular weight is 513 g/mol. The number of nitrogens with one attached hydrogen (secondary N) is 2. The SMILES string of the molecule is CC(=O)c1cn(CC(=O)N2C[C@H](F)C[C@H]2C(=O)NCc2ccccc2)c2ccc(Nc3ccccc3)cc12. The number of anilines is 2. The molecule has 2 N–H and O–H groups in total. The Labute approximate surface area is 220 Å². The van der Waals surface area contributed by atoms with Gasteiger partial charge < -0.3 is 20.1 Å². The van der Waals surface area contributed by atoms with Crippen molar-refractivity contribution in [1.82, 2.24) is 14.8 Å². The molecule has 1 aliphatic heterocycles. The van der Waals surface area contributed by atoms with Gasteiger partial charge >= 0.3 is 0 Å². The van der Waals surface area contributed by atoms with Crippen molar-refractivity contribution in [3.8, 4) is 0 Å². The number of benzene rings is 3. The summed E-state index contributed by atoms with van der Waals surface area (Å²) in [5.74, 6) is -0.870. The third-order valence-electron chi connectivity index (χ3n) is 6.81. The Kier molecular flexibility index (Phi) is 7.22. The number of alkyl halides is 1. The summed E-state index contributed by atoms with van der Waals surface area (Å²) in [6.45, 7) is 1.55. The van der Waals surface area contributed by atoms with Crippen LogP contribution in [0.5, 0.6) is 0 Å². The first-order chi connectivity index (χ1) is 18.4. The molecule has 0 spiro atoms. The molecule has 0 unspecified atom stereocenters. The van der Waals surface area contributed by atoms with Crippen molar-refractivity contribution in [2.45, 2.75) is 38.6 Å². The maximum absolute atomic E-state index is 14.4. The summed E-state index contributed by atoms with van der Waals surface area (Å²) >= 11 is 0. The Morgan fingerprint density at radius 2 is 1.66 bits per heavy atom. The van der Waals surface area contributed by atoms with Crippen molar-refractivity contribution in [3.05, 3.63) is 96.2 Å². The third kappa shape index (κ3) is 5.44. The topological polar surface area (TPSA) is 83.4 Å². The molecule has 1 saturated heterocycles. The molecule has 4 aromatic rings. The van der Waals surface area contributed by atoms with Crippen LogP contribution in [0, 0.1) is 0 Å². The quantitative estimate of drug-likeness (QED) is 0.331. The van der Waals surface area contributed by atoms with E-state index in [-0.39, 0.29) is 37.1 Å². The number of rotatable bonds is 8. The second-order valence-electron chi connectivity index (χ2n) is 9.55. The molecule has 0 aliphatic carbocycles. The van der Waals surface area contributed by atoms with Gasteiger partial charge in [-0.3, -0.25) is 14.4 Å². The molecule has 0 radical (unpaired) electrons. The van der Waals surface area contributed by atoms with Crippen LogP contribution in [-0.4, -0.2) is 45.8 Å². The summed E-state index contributed by atoms with van der Waals surface area (Å²) in [6.07, 6.45) is 0.351. The number of fused-ring (bicyclic) bond motifs is 1. The fraction of sp³-hybridized carbons (Fsp3) is 0.233. The Hall–Kier alpha value is -4.46. The number of hydrogen-bond acceptors (Lipinski definition) is 4. The lowest BCUT2D eigenvalue weighted by Gasteiger charge is -2.24. The third-order valence-corrected chi connectivity index (χ3v) is 6.81.